The first kappa shape index (κ1) is 16.8. The highest BCUT2D eigenvalue weighted by atomic mass is 19.1. The number of ketones is 1. The highest BCUT2D eigenvalue weighted by Crippen LogP contribution is 2.42. The number of rotatable bonds is 3. The van der Waals surface area contributed by atoms with Crippen molar-refractivity contribution in [1.29, 1.82) is 0 Å². The average Bonchev–Trinajstić information content (AvgIpc) is 3.20. The van der Waals surface area contributed by atoms with Crippen LogP contribution in [0.15, 0.2) is 36.1 Å². The van der Waals surface area contributed by atoms with Gasteiger partial charge in [-0.3, -0.25) is 9.69 Å². The molecule has 1 fully saturated rings. The smallest absolute Gasteiger partial charge is 0.232 e. The van der Waals surface area contributed by atoms with Gasteiger partial charge in [0.1, 0.15) is 17.3 Å². The van der Waals surface area contributed by atoms with Crippen molar-refractivity contribution in [2.75, 3.05) is 13.1 Å². The number of Topliss-reactive ketones (excluding diaryl/α,β-unsaturated/α-hetero) is 1. The van der Waals surface area contributed by atoms with Crippen molar-refractivity contribution in [3.8, 4) is 11.5 Å². The fourth-order valence-electron chi connectivity index (χ4n) is 3.64. The molecule has 0 aromatic heterocycles. The number of fused-ring (bicyclic) bond motifs is 1. The summed E-state index contributed by atoms with van der Waals surface area (Å²) < 4.78 is 19.3. The molecule has 5 heteroatoms. The molecule has 0 spiro atoms. The Morgan fingerprint density at radius 1 is 1.27 bits per heavy atom. The highest BCUT2D eigenvalue weighted by Gasteiger charge is 2.33. The summed E-state index contributed by atoms with van der Waals surface area (Å²) in [4.78, 5) is 15.1. The van der Waals surface area contributed by atoms with Crippen molar-refractivity contribution in [1.82, 2.24) is 4.90 Å². The van der Waals surface area contributed by atoms with Crippen molar-refractivity contribution in [3.05, 3.63) is 64.2 Å². The van der Waals surface area contributed by atoms with Gasteiger partial charge in [-0.2, -0.15) is 0 Å². The van der Waals surface area contributed by atoms with Crippen LogP contribution < -0.4 is 4.74 Å². The number of benzene rings is 2. The van der Waals surface area contributed by atoms with Gasteiger partial charge in [0.2, 0.25) is 5.78 Å². The minimum Gasteiger partial charge on any atom is -0.507 e. The van der Waals surface area contributed by atoms with Gasteiger partial charge in [0.05, 0.1) is 11.1 Å². The van der Waals surface area contributed by atoms with Crippen molar-refractivity contribution >= 4 is 11.9 Å². The van der Waals surface area contributed by atoms with Crippen molar-refractivity contribution in [2.24, 2.45) is 0 Å². The molecule has 134 valence electrons. The summed E-state index contributed by atoms with van der Waals surface area (Å²) in [7, 11) is 0. The second-order valence-electron chi connectivity index (χ2n) is 6.87. The molecule has 4 nitrogen and oxygen atoms in total. The van der Waals surface area contributed by atoms with Gasteiger partial charge in [-0.25, -0.2) is 4.39 Å². The monoisotopic (exact) mass is 353 g/mol. The number of allylic oxidation sites excluding steroid dienone is 1. The molecule has 2 heterocycles. The first-order chi connectivity index (χ1) is 12.5. The van der Waals surface area contributed by atoms with E-state index in [1.54, 1.807) is 31.2 Å². The van der Waals surface area contributed by atoms with Crippen LogP contribution in [0, 0.1) is 12.7 Å². The van der Waals surface area contributed by atoms with E-state index in [2.05, 4.69) is 4.90 Å². The molecule has 2 aliphatic heterocycles. The van der Waals surface area contributed by atoms with E-state index in [-0.39, 0.29) is 23.1 Å². The van der Waals surface area contributed by atoms with Gasteiger partial charge >= 0.3 is 0 Å². The third-order valence-corrected chi connectivity index (χ3v) is 4.95. The largest absolute Gasteiger partial charge is 0.507 e. The Balaban J connectivity index is 1.73. The van der Waals surface area contributed by atoms with E-state index in [0.717, 1.165) is 25.9 Å². The number of hydrogen-bond acceptors (Lipinski definition) is 4. The van der Waals surface area contributed by atoms with Crippen LogP contribution in [0.5, 0.6) is 11.5 Å². The molecule has 0 bridgehead atoms. The lowest BCUT2D eigenvalue weighted by molar-refractivity contribution is 0.101. The maximum Gasteiger partial charge on any atom is 0.232 e. The van der Waals surface area contributed by atoms with E-state index < -0.39 is 0 Å². The van der Waals surface area contributed by atoms with Gasteiger partial charge in [0.25, 0.3) is 0 Å². The topological polar surface area (TPSA) is 49.8 Å². The first-order valence-electron chi connectivity index (χ1n) is 8.80. The van der Waals surface area contributed by atoms with Gasteiger partial charge in [-0.05, 0) is 68.3 Å². The van der Waals surface area contributed by atoms with Gasteiger partial charge in [0, 0.05) is 6.54 Å². The van der Waals surface area contributed by atoms with Gasteiger partial charge in [-0.15, -0.1) is 0 Å². The molecule has 2 aromatic rings. The summed E-state index contributed by atoms with van der Waals surface area (Å²) in [6, 6.07) is 7.62. The molecule has 2 aromatic carbocycles. The zero-order valence-corrected chi connectivity index (χ0v) is 14.6. The summed E-state index contributed by atoms with van der Waals surface area (Å²) in [5, 5.41) is 10.4. The maximum absolute atomic E-state index is 13.4. The summed E-state index contributed by atoms with van der Waals surface area (Å²) >= 11 is 0. The predicted molar refractivity (Wildman–Crippen MR) is 96.7 cm³/mol. The van der Waals surface area contributed by atoms with Crippen LogP contribution in [-0.2, 0) is 6.54 Å². The molecule has 1 N–H and O–H groups in total. The third kappa shape index (κ3) is 2.99. The summed E-state index contributed by atoms with van der Waals surface area (Å²) in [6.07, 6.45) is 3.82. The Hall–Kier alpha value is -2.66. The van der Waals surface area contributed by atoms with Gasteiger partial charge < -0.3 is 9.84 Å². The lowest BCUT2D eigenvalue weighted by atomic mass is 9.99. The fourth-order valence-corrected chi connectivity index (χ4v) is 3.64. The van der Waals surface area contributed by atoms with Crippen LogP contribution in [0.3, 0.4) is 0 Å². The molecule has 1 saturated heterocycles. The number of hydrogen-bond donors (Lipinski definition) is 1. The molecular formula is C21H20FNO3. The molecule has 0 amide bonds. The lowest BCUT2D eigenvalue weighted by Crippen LogP contribution is -2.19. The molecule has 4 rings (SSSR count). The quantitative estimate of drug-likeness (QED) is 0.846. The molecule has 0 radical (unpaired) electrons. The second kappa shape index (κ2) is 6.57. The standard InChI is InChI=1S/C21H20FNO3/c1-13-9-17(24)16(12-23-7-2-3-8-23)21-19(13)20(25)18(26-21)11-14-5-4-6-15(22)10-14/h4-6,9-11,24H,2-3,7-8,12H2,1H3/b18-11-. The number of carbonyl (C=O) groups excluding carboxylic acids is 1. The zero-order valence-electron chi connectivity index (χ0n) is 14.6. The van der Waals surface area contributed by atoms with Crippen LogP contribution in [0.4, 0.5) is 4.39 Å². The molecule has 0 atom stereocenters. The van der Waals surface area contributed by atoms with E-state index >= 15 is 0 Å². The molecule has 2 aliphatic rings. The van der Waals surface area contributed by atoms with E-state index in [0.29, 0.717) is 34.5 Å². The van der Waals surface area contributed by atoms with Gasteiger partial charge in [-0.1, -0.05) is 12.1 Å². The van der Waals surface area contributed by atoms with Crippen LogP contribution in [0.25, 0.3) is 6.08 Å². The van der Waals surface area contributed by atoms with Crippen molar-refractivity contribution in [3.63, 3.8) is 0 Å². The number of nitrogens with zero attached hydrogens (tertiary/aromatic N) is 1. The molecular weight excluding hydrogens is 333 g/mol. The van der Waals surface area contributed by atoms with E-state index in [4.69, 9.17) is 4.74 Å². The molecule has 26 heavy (non-hydrogen) atoms. The number of aryl methyl sites for hydroxylation is 1. The Kier molecular flexibility index (Phi) is 4.24. The minimum atomic E-state index is -0.370. The summed E-state index contributed by atoms with van der Waals surface area (Å²) in [5.41, 5.74) is 2.36. The van der Waals surface area contributed by atoms with E-state index in [1.165, 1.54) is 12.1 Å². The van der Waals surface area contributed by atoms with Crippen molar-refractivity contribution < 1.29 is 19.0 Å². The Labute approximate surface area is 151 Å². The van der Waals surface area contributed by atoms with E-state index in [1.807, 2.05) is 0 Å². The maximum atomic E-state index is 13.4. The number of carbonyl (C=O) groups is 1. The average molecular weight is 353 g/mol. The Bertz CT molecular complexity index is 914. The Morgan fingerprint density at radius 3 is 2.77 bits per heavy atom. The number of ether oxygens (including phenoxy) is 1. The zero-order chi connectivity index (χ0) is 18.3. The molecule has 0 saturated carbocycles. The Morgan fingerprint density at radius 2 is 2.04 bits per heavy atom. The second-order valence-corrected chi connectivity index (χ2v) is 6.87. The minimum absolute atomic E-state index is 0.146. The fraction of sp³-hybridized carbons (Fsp3) is 0.286. The van der Waals surface area contributed by atoms with Gasteiger partial charge in [0.15, 0.2) is 5.76 Å². The highest BCUT2D eigenvalue weighted by molar-refractivity contribution is 6.15. The summed E-state index contributed by atoms with van der Waals surface area (Å²) in [6.45, 7) is 4.28. The third-order valence-electron chi connectivity index (χ3n) is 4.95. The number of phenolic OH excluding ortho intramolecular Hbond substituents is 1. The van der Waals surface area contributed by atoms with E-state index in [9.17, 15) is 14.3 Å². The summed E-state index contributed by atoms with van der Waals surface area (Å²) in [5.74, 6) is 0.132. The number of halogens is 1. The first-order valence-corrected chi connectivity index (χ1v) is 8.80. The van der Waals surface area contributed by atoms with Crippen LogP contribution in [-0.4, -0.2) is 28.9 Å². The normalized spacial score (nSPS) is 18.4. The molecule has 0 aliphatic carbocycles. The number of likely N-dealkylation sites (tertiary alicyclic amines) is 1. The van der Waals surface area contributed by atoms with Crippen LogP contribution >= 0.6 is 0 Å². The van der Waals surface area contributed by atoms with Crippen molar-refractivity contribution in [2.45, 2.75) is 26.3 Å². The predicted octanol–water partition coefficient (Wildman–Crippen LogP) is 4.05. The lowest BCUT2D eigenvalue weighted by Gasteiger charge is -2.18. The molecule has 0 unspecified atom stereocenters. The number of phenols is 1. The van der Waals surface area contributed by atoms with Crippen LogP contribution in [0.2, 0.25) is 0 Å². The SMILES string of the molecule is Cc1cc(O)c(CN2CCCC2)c2c1C(=O)/C(=C/c1cccc(F)c1)O2. The van der Waals surface area contributed by atoms with Crippen LogP contribution in [0.1, 0.15) is 39.9 Å². The number of aromatic hydroxyl groups is 1.